The zero-order chi connectivity index (χ0) is 7.40. The molecular weight excluding hydrogens is 203 g/mol. The topological polar surface area (TPSA) is 73.1 Å². The van der Waals surface area contributed by atoms with E-state index in [4.69, 9.17) is 10.6 Å². The van der Waals surface area contributed by atoms with Gasteiger partial charge in [0.1, 0.15) is 0 Å². The maximum absolute atomic E-state index is 5.09. The molecule has 0 unspecified atom stereocenters. The molecule has 0 radical (unpaired) electrons. The number of aromatic nitrogens is 2. The van der Waals surface area contributed by atoms with Crippen LogP contribution in [0.4, 0.5) is 5.82 Å². The summed E-state index contributed by atoms with van der Waals surface area (Å²) < 4.78 is 4.82. The predicted octanol–water partition coefficient (Wildman–Crippen LogP) is 0.614. The first-order valence-electron chi connectivity index (χ1n) is 2.70. The van der Waals surface area contributed by atoms with Gasteiger partial charge in [-0.05, 0) is 0 Å². The lowest BCUT2D eigenvalue weighted by molar-refractivity contribution is 0.398. The fourth-order valence-electron chi connectivity index (χ4n) is 0.574. The van der Waals surface area contributed by atoms with Gasteiger partial charge in [0.2, 0.25) is 5.82 Å². The molecule has 3 N–H and O–H groups in total. The number of ether oxygens (including phenoxy) is 1. The van der Waals surface area contributed by atoms with E-state index >= 15 is 0 Å². The lowest BCUT2D eigenvalue weighted by Crippen LogP contribution is -2.10. The Balaban J connectivity index is 0. The van der Waals surface area contributed by atoms with E-state index in [0.717, 1.165) is 0 Å². The van der Waals surface area contributed by atoms with Crippen molar-refractivity contribution in [2.45, 2.75) is 0 Å². The van der Waals surface area contributed by atoms with Crippen LogP contribution in [0, 0.1) is 0 Å². The van der Waals surface area contributed by atoms with E-state index in [1.807, 2.05) is 0 Å². The smallest absolute Gasteiger partial charge is 0.258 e. The highest BCUT2D eigenvalue weighted by atomic mass is 35.5. The van der Waals surface area contributed by atoms with Crippen LogP contribution in [0.2, 0.25) is 0 Å². The van der Waals surface area contributed by atoms with Crippen molar-refractivity contribution >= 4 is 30.6 Å². The molecule has 0 aliphatic heterocycles. The minimum Gasteiger partial charge on any atom is -0.478 e. The zero-order valence-electron chi connectivity index (χ0n) is 6.35. The van der Waals surface area contributed by atoms with Gasteiger partial charge in [0, 0.05) is 12.4 Å². The largest absolute Gasteiger partial charge is 0.478 e. The summed E-state index contributed by atoms with van der Waals surface area (Å²) in [5.41, 5.74) is 2.35. The second-order valence-electron chi connectivity index (χ2n) is 1.56. The minimum atomic E-state index is 0. The Bertz CT molecular complexity index is 199. The highest BCUT2D eigenvalue weighted by Gasteiger charge is 1.99. The molecule has 1 aromatic heterocycles. The monoisotopic (exact) mass is 212 g/mol. The molecule has 1 heterocycles. The third-order valence-electron chi connectivity index (χ3n) is 0.995. The van der Waals surface area contributed by atoms with Crippen LogP contribution in [0.15, 0.2) is 12.4 Å². The van der Waals surface area contributed by atoms with Crippen LogP contribution in [-0.4, -0.2) is 17.1 Å². The lowest BCUT2D eigenvalue weighted by atomic mass is 10.6. The van der Waals surface area contributed by atoms with Gasteiger partial charge in [0.05, 0.1) is 7.11 Å². The molecule has 0 bridgehead atoms. The van der Waals surface area contributed by atoms with Gasteiger partial charge < -0.3 is 10.2 Å². The number of nitrogen functional groups attached to an aromatic ring is 1. The van der Waals surface area contributed by atoms with Crippen LogP contribution >= 0.6 is 24.8 Å². The fourth-order valence-corrected chi connectivity index (χ4v) is 0.574. The molecule has 0 saturated heterocycles. The van der Waals surface area contributed by atoms with E-state index in [2.05, 4.69) is 15.4 Å². The molecule has 70 valence electrons. The molecule has 0 amide bonds. The predicted molar refractivity (Wildman–Crippen MR) is 50.9 cm³/mol. The van der Waals surface area contributed by atoms with Gasteiger partial charge in [-0.1, -0.05) is 0 Å². The number of nitrogens with zero attached hydrogens (tertiary/aromatic N) is 2. The van der Waals surface area contributed by atoms with Crippen molar-refractivity contribution in [1.82, 2.24) is 9.97 Å². The van der Waals surface area contributed by atoms with Gasteiger partial charge >= 0.3 is 0 Å². The van der Waals surface area contributed by atoms with Crippen LogP contribution in [-0.2, 0) is 0 Å². The maximum Gasteiger partial charge on any atom is 0.258 e. The van der Waals surface area contributed by atoms with Gasteiger partial charge in [-0.2, -0.15) is 0 Å². The molecule has 0 atom stereocenters. The molecule has 7 heteroatoms. The zero-order valence-corrected chi connectivity index (χ0v) is 7.98. The van der Waals surface area contributed by atoms with Gasteiger partial charge in [-0.15, -0.1) is 24.8 Å². The Morgan fingerprint density at radius 2 is 1.92 bits per heavy atom. The van der Waals surface area contributed by atoms with Crippen LogP contribution in [0.3, 0.4) is 0 Å². The van der Waals surface area contributed by atoms with E-state index in [0.29, 0.717) is 11.7 Å². The van der Waals surface area contributed by atoms with Crippen molar-refractivity contribution in [3.63, 3.8) is 0 Å². The van der Waals surface area contributed by atoms with Crippen molar-refractivity contribution in [2.24, 2.45) is 5.84 Å². The first kappa shape index (κ1) is 13.8. The summed E-state index contributed by atoms with van der Waals surface area (Å²) in [6.07, 6.45) is 3.05. The second kappa shape index (κ2) is 6.90. The Hall–Kier alpha value is -0.780. The Morgan fingerprint density at radius 1 is 1.33 bits per heavy atom. The van der Waals surface area contributed by atoms with Crippen molar-refractivity contribution in [3.05, 3.63) is 12.4 Å². The number of rotatable bonds is 2. The molecular formula is C5H10Cl2N4O. The summed E-state index contributed by atoms with van der Waals surface area (Å²) in [6, 6.07) is 0. The molecule has 1 rings (SSSR count). The molecule has 0 fully saturated rings. The first-order valence-corrected chi connectivity index (χ1v) is 2.70. The van der Waals surface area contributed by atoms with E-state index in [-0.39, 0.29) is 24.8 Å². The summed E-state index contributed by atoms with van der Waals surface area (Å²) in [5.74, 6) is 5.92. The van der Waals surface area contributed by atoms with Crippen molar-refractivity contribution < 1.29 is 4.74 Å². The molecule has 0 aromatic carbocycles. The van der Waals surface area contributed by atoms with Gasteiger partial charge in [-0.25, -0.2) is 15.8 Å². The highest BCUT2D eigenvalue weighted by molar-refractivity contribution is 5.85. The average molecular weight is 213 g/mol. The molecule has 12 heavy (non-hydrogen) atoms. The molecule has 0 aliphatic carbocycles. The molecule has 1 aromatic rings. The van der Waals surface area contributed by atoms with Crippen molar-refractivity contribution in [2.75, 3.05) is 12.5 Å². The van der Waals surface area contributed by atoms with Crippen LogP contribution < -0.4 is 16.0 Å². The van der Waals surface area contributed by atoms with Gasteiger partial charge in [0.25, 0.3) is 5.88 Å². The maximum atomic E-state index is 5.09. The van der Waals surface area contributed by atoms with Crippen LogP contribution in [0.1, 0.15) is 0 Å². The summed E-state index contributed by atoms with van der Waals surface area (Å²) in [5, 5.41) is 0. The number of hydrogen-bond donors (Lipinski definition) is 2. The van der Waals surface area contributed by atoms with Crippen LogP contribution in [0.25, 0.3) is 0 Å². The summed E-state index contributed by atoms with van der Waals surface area (Å²) in [7, 11) is 1.50. The van der Waals surface area contributed by atoms with Gasteiger partial charge in [0.15, 0.2) is 0 Å². The summed E-state index contributed by atoms with van der Waals surface area (Å²) in [6.45, 7) is 0. The van der Waals surface area contributed by atoms with E-state index in [1.165, 1.54) is 19.5 Å². The lowest BCUT2D eigenvalue weighted by Gasteiger charge is -2.02. The molecule has 0 spiro atoms. The van der Waals surface area contributed by atoms with Crippen LogP contribution in [0.5, 0.6) is 5.88 Å². The van der Waals surface area contributed by atoms with E-state index < -0.39 is 0 Å². The first-order chi connectivity index (χ1) is 4.88. The number of nitrogens with two attached hydrogens (primary N) is 1. The number of halogens is 2. The number of hydrogen-bond acceptors (Lipinski definition) is 5. The number of methoxy groups -OCH3 is 1. The van der Waals surface area contributed by atoms with E-state index in [1.54, 1.807) is 0 Å². The molecule has 5 nitrogen and oxygen atoms in total. The molecule has 0 saturated carbocycles. The molecule has 0 aliphatic rings. The Labute approximate surface area is 82.5 Å². The normalized spacial score (nSPS) is 7.50. The third kappa shape index (κ3) is 3.08. The Morgan fingerprint density at radius 3 is 2.33 bits per heavy atom. The van der Waals surface area contributed by atoms with E-state index in [9.17, 15) is 0 Å². The van der Waals surface area contributed by atoms with Gasteiger partial charge in [-0.3, -0.25) is 0 Å². The SMILES string of the molecule is COc1nccnc1NN.Cl.Cl. The number of nitrogens with one attached hydrogen (secondary N) is 1. The second-order valence-corrected chi connectivity index (χ2v) is 1.56. The fraction of sp³-hybridized carbons (Fsp3) is 0.200. The summed E-state index contributed by atoms with van der Waals surface area (Å²) >= 11 is 0. The third-order valence-corrected chi connectivity index (χ3v) is 0.995. The standard InChI is InChI=1S/C5H8N4O.2ClH/c1-10-5-4(9-6)7-2-3-8-5;;/h2-3H,6H2,1H3,(H,7,9);2*1H. The number of hydrazine groups is 1. The minimum absolute atomic E-state index is 0. The quantitative estimate of drug-likeness (QED) is 0.556. The van der Waals surface area contributed by atoms with Crippen molar-refractivity contribution in [3.8, 4) is 5.88 Å². The Kier molecular flexibility index (Phi) is 7.93. The highest BCUT2D eigenvalue weighted by Crippen LogP contribution is 2.13. The summed E-state index contributed by atoms with van der Waals surface area (Å²) in [4.78, 5) is 7.69. The number of anilines is 1. The average Bonchev–Trinajstić information content (AvgIpc) is 2.04. The van der Waals surface area contributed by atoms with Crippen molar-refractivity contribution in [1.29, 1.82) is 0 Å².